The number of carbonyl (C=O) groups is 1. The molecule has 5 nitrogen and oxygen atoms in total. The van der Waals surface area contributed by atoms with Gasteiger partial charge < -0.3 is 14.8 Å². The van der Waals surface area contributed by atoms with Gasteiger partial charge in [0.05, 0.1) is 6.61 Å². The summed E-state index contributed by atoms with van der Waals surface area (Å²) in [7, 11) is 1.72. The zero-order chi connectivity index (χ0) is 14.4. The van der Waals surface area contributed by atoms with Crippen LogP contribution in [0.3, 0.4) is 0 Å². The Hall–Kier alpha value is -1.62. The lowest BCUT2D eigenvalue weighted by Gasteiger charge is -2.17. The van der Waals surface area contributed by atoms with Crippen LogP contribution in [0, 0.1) is 5.41 Å². The van der Waals surface area contributed by atoms with Crippen molar-refractivity contribution >= 4 is 11.8 Å². The number of hydrogen-bond acceptors (Lipinski definition) is 5. The van der Waals surface area contributed by atoms with Gasteiger partial charge in [0.25, 0.3) is 0 Å². The van der Waals surface area contributed by atoms with Gasteiger partial charge in [-0.15, -0.1) is 0 Å². The maximum atomic E-state index is 11.9. The Morgan fingerprint density at radius 2 is 2.30 bits per heavy atom. The van der Waals surface area contributed by atoms with Crippen LogP contribution in [0.5, 0.6) is 0 Å². The third-order valence-corrected chi connectivity index (χ3v) is 3.73. The van der Waals surface area contributed by atoms with Gasteiger partial charge in [-0.05, 0) is 43.7 Å². The Morgan fingerprint density at radius 3 is 2.95 bits per heavy atom. The molecule has 0 spiro atoms. The van der Waals surface area contributed by atoms with E-state index in [1.54, 1.807) is 32.4 Å². The van der Waals surface area contributed by atoms with Gasteiger partial charge in [0.2, 0.25) is 0 Å². The molecule has 0 bridgehead atoms. The molecule has 110 valence electrons. The highest BCUT2D eigenvalue weighted by atomic mass is 16.5. The van der Waals surface area contributed by atoms with Gasteiger partial charge in [0.15, 0.2) is 0 Å². The smallest absolute Gasteiger partial charge is 0.341 e. The van der Waals surface area contributed by atoms with Crippen LogP contribution in [0.25, 0.3) is 0 Å². The fraction of sp³-hybridized carbons (Fsp3) is 0.600. The van der Waals surface area contributed by atoms with Crippen LogP contribution in [0.4, 0.5) is 5.82 Å². The molecule has 1 aromatic rings. The van der Waals surface area contributed by atoms with Crippen molar-refractivity contribution < 1.29 is 14.3 Å². The number of hydrogen-bond donors (Lipinski definition) is 1. The Labute approximate surface area is 119 Å². The molecule has 1 N–H and O–H groups in total. The lowest BCUT2D eigenvalue weighted by atomic mass is 10.0. The summed E-state index contributed by atoms with van der Waals surface area (Å²) in [5, 5.41) is 3.30. The van der Waals surface area contributed by atoms with Crippen molar-refractivity contribution in [3.63, 3.8) is 0 Å². The first-order chi connectivity index (χ1) is 9.71. The van der Waals surface area contributed by atoms with Crippen molar-refractivity contribution in [2.24, 2.45) is 5.41 Å². The number of nitrogens with zero attached hydrogens (tertiary/aromatic N) is 1. The first kappa shape index (κ1) is 14.8. The fourth-order valence-electron chi connectivity index (χ4n) is 2.20. The Morgan fingerprint density at radius 1 is 1.50 bits per heavy atom. The standard InChI is InChI=1S/C15H22N2O3/c1-3-20-14(18)12-5-4-9-16-13(12)17-11-15(6-7-15)8-10-19-2/h4-5,9H,3,6-8,10-11H2,1-2H3,(H,16,17). The molecular weight excluding hydrogens is 256 g/mol. The zero-order valence-corrected chi connectivity index (χ0v) is 12.1. The fourth-order valence-corrected chi connectivity index (χ4v) is 2.20. The highest BCUT2D eigenvalue weighted by molar-refractivity contribution is 5.94. The number of ether oxygens (including phenoxy) is 2. The van der Waals surface area contributed by atoms with Crippen LogP contribution < -0.4 is 5.32 Å². The molecule has 0 saturated heterocycles. The van der Waals surface area contributed by atoms with Gasteiger partial charge in [-0.3, -0.25) is 0 Å². The highest BCUT2D eigenvalue weighted by Gasteiger charge is 2.41. The van der Waals surface area contributed by atoms with E-state index in [1.165, 1.54) is 12.8 Å². The van der Waals surface area contributed by atoms with Gasteiger partial charge in [-0.2, -0.15) is 0 Å². The van der Waals surface area contributed by atoms with E-state index in [0.29, 0.717) is 23.4 Å². The van der Waals surface area contributed by atoms with Crippen molar-refractivity contribution in [1.29, 1.82) is 0 Å². The largest absolute Gasteiger partial charge is 0.462 e. The quantitative estimate of drug-likeness (QED) is 0.740. The minimum atomic E-state index is -0.329. The number of nitrogens with one attached hydrogen (secondary N) is 1. The Balaban J connectivity index is 1.97. The van der Waals surface area contributed by atoms with Crippen LogP contribution in [0.15, 0.2) is 18.3 Å². The molecule has 0 amide bonds. The second kappa shape index (κ2) is 6.70. The first-order valence-corrected chi connectivity index (χ1v) is 7.06. The molecule has 5 heteroatoms. The summed E-state index contributed by atoms with van der Waals surface area (Å²) < 4.78 is 10.2. The van der Waals surface area contributed by atoms with E-state index in [1.807, 2.05) is 0 Å². The number of anilines is 1. The van der Waals surface area contributed by atoms with E-state index in [2.05, 4.69) is 10.3 Å². The monoisotopic (exact) mass is 278 g/mol. The van der Waals surface area contributed by atoms with Crippen molar-refractivity contribution in [3.05, 3.63) is 23.9 Å². The summed E-state index contributed by atoms with van der Waals surface area (Å²) in [6.07, 6.45) is 5.12. The van der Waals surface area contributed by atoms with E-state index in [-0.39, 0.29) is 5.97 Å². The van der Waals surface area contributed by atoms with E-state index in [0.717, 1.165) is 19.6 Å². The van der Waals surface area contributed by atoms with Gasteiger partial charge >= 0.3 is 5.97 Å². The predicted octanol–water partition coefficient (Wildman–Crippen LogP) is 2.49. The van der Waals surface area contributed by atoms with E-state index in [9.17, 15) is 4.79 Å². The molecular formula is C15H22N2O3. The second-order valence-corrected chi connectivity index (χ2v) is 5.22. The maximum Gasteiger partial charge on any atom is 0.341 e. The average Bonchev–Trinajstić information content (AvgIpc) is 3.24. The molecule has 1 aliphatic carbocycles. The summed E-state index contributed by atoms with van der Waals surface area (Å²) in [4.78, 5) is 16.1. The SMILES string of the molecule is CCOC(=O)c1cccnc1NCC1(CCOC)CC1. The molecule has 1 aromatic heterocycles. The lowest BCUT2D eigenvalue weighted by Crippen LogP contribution is -2.20. The molecule has 0 aliphatic heterocycles. The molecule has 1 heterocycles. The Kier molecular flexibility index (Phi) is 4.95. The summed E-state index contributed by atoms with van der Waals surface area (Å²) in [6.45, 7) is 3.75. The van der Waals surface area contributed by atoms with Crippen molar-refractivity contribution in [2.45, 2.75) is 26.2 Å². The number of methoxy groups -OCH3 is 1. The molecule has 2 rings (SSSR count). The minimum absolute atomic E-state index is 0.305. The van der Waals surface area contributed by atoms with E-state index < -0.39 is 0 Å². The van der Waals surface area contributed by atoms with Gasteiger partial charge in [-0.25, -0.2) is 9.78 Å². The van der Waals surface area contributed by atoms with Crippen molar-refractivity contribution in [1.82, 2.24) is 4.98 Å². The average molecular weight is 278 g/mol. The Bertz CT molecular complexity index is 458. The van der Waals surface area contributed by atoms with Crippen LogP contribution in [0.1, 0.15) is 36.5 Å². The van der Waals surface area contributed by atoms with Crippen molar-refractivity contribution in [2.75, 3.05) is 32.2 Å². The topological polar surface area (TPSA) is 60.5 Å². The minimum Gasteiger partial charge on any atom is -0.462 e. The van der Waals surface area contributed by atoms with Gasteiger partial charge in [-0.1, -0.05) is 0 Å². The number of pyridine rings is 1. The second-order valence-electron chi connectivity index (χ2n) is 5.22. The molecule has 1 aliphatic rings. The van der Waals surface area contributed by atoms with Crippen LogP contribution in [0.2, 0.25) is 0 Å². The summed E-state index contributed by atoms with van der Waals surface area (Å²) in [6, 6.07) is 3.48. The first-order valence-electron chi connectivity index (χ1n) is 7.06. The van der Waals surface area contributed by atoms with Crippen LogP contribution in [-0.4, -0.2) is 37.8 Å². The number of rotatable bonds is 8. The molecule has 0 atom stereocenters. The van der Waals surface area contributed by atoms with E-state index in [4.69, 9.17) is 9.47 Å². The predicted molar refractivity (Wildman–Crippen MR) is 76.8 cm³/mol. The number of carbonyl (C=O) groups excluding carboxylic acids is 1. The maximum absolute atomic E-state index is 11.9. The normalized spacial score (nSPS) is 15.7. The third kappa shape index (κ3) is 3.70. The molecule has 1 fully saturated rings. The summed E-state index contributed by atoms with van der Waals surface area (Å²) in [5.74, 6) is 0.277. The molecule has 20 heavy (non-hydrogen) atoms. The van der Waals surface area contributed by atoms with Crippen LogP contribution in [-0.2, 0) is 9.47 Å². The van der Waals surface area contributed by atoms with Gasteiger partial charge in [0, 0.05) is 26.5 Å². The molecule has 0 aromatic carbocycles. The third-order valence-electron chi connectivity index (χ3n) is 3.73. The molecule has 0 radical (unpaired) electrons. The summed E-state index contributed by atoms with van der Waals surface area (Å²) in [5.41, 5.74) is 0.802. The van der Waals surface area contributed by atoms with Crippen LogP contribution >= 0.6 is 0 Å². The molecule has 0 unspecified atom stereocenters. The van der Waals surface area contributed by atoms with Crippen molar-refractivity contribution in [3.8, 4) is 0 Å². The molecule has 1 saturated carbocycles. The number of esters is 1. The van der Waals surface area contributed by atoms with Gasteiger partial charge in [0.1, 0.15) is 11.4 Å². The lowest BCUT2D eigenvalue weighted by molar-refractivity contribution is 0.0527. The highest BCUT2D eigenvalue weighted by Crippen LogP contribution is 2.48. The zero-order valence-electron chi connectivity index (χ0n) is 12.1. The number of aromatic nitrogens is 1. The summed E-state index contributed by atoms with van der Waals surface area (Å²) >= 11 is 0. The van der Waals surface area contributed by atoms with E-state index >= 15 is 0 Å².